The van der Waals surface area contributed by atoms with E-state index in [1.165, 1.54) is 5.56 Å². The summed E-state index contributed by atoms with van der Waals surface area (Å²) in [5, 5.41) is 3.95. The van der Waals surface area contributed by atoms with E-state index in [4.69, 9.17) is 9.72 Å². The maximum Gasteiger partial charge on any atom is 0.324 e. The second-order valence-electron chi connectivity index (χ2n) is 6.88. The molecule has 3 aliphatic rings. The first-order valence-corrected chi connectivity index (χ1v) is 9.36. The third kappa shape index (κ3) is 2.11. The van der Waals surface area contributed by atoms with Crippen molar-refractivity contribution >= 4 is 32.7 Å². The number of carbonyl (C=O) groups is 1. The van der Waals surface area contributed by atoms with Gasteiger partial charge in [-0.2, -0.15) is 0 Å². The number of fused-ring (bicyclic) bond motifs is 4. The molecule has 2 unspecified atom stereocenters. The predicted molar refractivity (Wildman–Crippen MR) is 94.1 cm³/mol. The Hall–Kier alpha value is -1.86. The van der Waals surface area contributed by atoms with E-state index in [0.717, 1.165) is 60.1 Å². The zero-order valence-electron chi connectivity index (χ0n) is 13.6. The van der Waals surface area contributed by atoms with Crippen molar-refractivity contribution in [2.75, 3.05) is 31.6 Å². The van der Waals surface area contributed by atoms with E-state index < -0.39 is 0 Å². The molecular formula is C17H20N4O2S. The summed E-state index contributed by atoms with van der Waals surface area (Å²) in [4.78, 5) is 21.6. The Morgan fingerprint density at radius 2 is 2.33 bits per heavy atom. The number of nitrogens with zero attached hydrogens (tertiary/aromatic N) is 3. The van der Waals surface area contributed by atoms with Crippen LogP contribution in [-0.2, 0) is 6.42 Å². The molecule has 1 N–H and O–H groups in total. The second kappa shape index (κ2) is 5.32. The normalized spacial score (nSPS) is 26.9. The number of nitrogens with one attached hydrogen (secondary N) is 1. The molecular weight excluding hydrogens is 324 g/mol. The maximum atomic E-state index is 12.6. The first kappa shape index (κ1) is 14.5. The Balaban J connectivity index is 1.56. The van der Waals surface area contributed by atoms with Crippen molar-refractivity contribution < 1.29 is 9.53 Å². The largest absolute Gasteiger partial charge is 0.493 e. The summed E-state index contributed by atoms with van der Waals surface area (Å²) in [6.45, 7) is 2.70. The molecule has 0 aliphatic carbocycles. The molecule has 0 spiro atoms. The number of piperidine rings is 1. The monoisotopic (exact) mass is 344 g/mol. The molecule has 2 aromatic rings. The molecule has 0 bridgehead atoms. The average molecular weight is 344 g/mol. The van der Waals surface area contributed by atoms with Gasteiger partial charge in [-0.3, -0.25) is 4.90 Å². The Bertz CT molecular complexity index is 820. The number of ether oxygens (including phenoxy) is 1. The molecule has 2 saturated heterocycles. The zero-order chi connectivity index (χ0) is 16.3. The molecule has 2 fully saturated rings. The highest BCUT2D eigenvalue weighted by molar-refractivity contribution is 7.22. The molecule has 2 amide bonds. The van der Waals surface area contributed by atoms with Gasteiger partial charge in [-0.05, 0) is 45.0 Å². The van der Waals surface area contributed by atoms with Gasteiger partial charge in [0.1, 0.15) is 5.75 Å². The van der Waals surface area contributed by atoms with Crippen LogP contribution in [0.5, 0.6) is 5.75 Å². The molecule has 1 aromatic heterocycles. The number of benzene rings is 1. The molecule has 4 heterocycles. The lowest BCUT2D eigenvalue weighted by Gasteiger charge is -2.33. The summed E-state index contributed by atoms with van der Waals surface area (Å²) in [6.07, 6.45) is 3.01. The molecule has 1 aromatic carbocycles. The number of carbonyl (C=O) groups excluding carboxylic acids is 1. The molecule has 126 valence electrons. The quantitative estimate of drug-likeness (QED) is 0.862. The summed E-state index contributed by atoms with van der Waals surface area (Å²) in [7, 11) is 2.11. The first-order chi connectivity index (χ1) is 11.7. The lowest BCUT2D eigenvalue weighted by atomic mass is 10.0. The molecule has 2 atom stereocenters. The minimum atomic E-state index is -0.00975. The van der Waals surface area contributed by atoms with Crippen molar-refractivity contribution in [2.45, 2.75) is 31.3 Å². The number of aryl methyl sites for hydroxylation is 1. The molecule has 7 heteroatoms. The van der Waals surface area contributed by atoms with Crippen molar-refractivity contribution in [1.82, 2.24) is 15.2 Å². The number of likely N-dealkylation sites (N-methyl/N-ethyl adjacent to an activating group) is 1. The highest BCUT2D eigenvalue weighted by Crippen LogP contribution is 2.39. The van der Waals surface area contributed by atoms with Crippen LogP contribution in [0.4, 0.5) is 9.93 Å². The molecule has 5 rings (SSSR count). The number of amides is 2. The van der Waals surface area contributed by atoms with E-state index in [-0.39, 0.29) is 18.1 Å². The number of aromatic nitrogens is 1. The number of rotatable bonds is 1. The van der Waals surface area contributed by atoms with E-state index >= 15 is 0 Å². The van der Waals surface area contributed by atoms with E-state index in [0.29, 0.717) is 0 Å². The van der Waals surface area contributed by atoms with Gasteiger partial charge in [-0.15, -0.1) is 0 Å². The van der Waals surface area contributed by atoms with Gasteiger partial charge in [0.05, 0.1) is 28.9 Å². The van der Waals surface area contributed by atoms with Gasteiger partial charge >= 0.3 is 6.03 Å². The summed E-state index contributed by atoms with van der Waals surface area (Å²) in [6, 6.07) is 4.51. The first-order valence-electron chi connectivity index (χ1n) is 8.54. The smallest absolute Gasteiger partial charge is 0.324 e. The Kier molecular flexibility index (Phi) is 3.21. The van der Waals surface area contributed by atoms with Crippen LogP contribution in [0.25, 0.3) is 10.2 Å². The minimum absolute atomic E-state index is 0.00975. The fourth-order valence-electron chi connectivity index (χ4n) is 4.09. The van der Waals surface area contributed by atoms with Gasteiger partial charge in [-0.1, -0.05) is 11.3 Å². The van der Waals surface area contributed by atoms with Crippen molar-refractivity contribution in [2.24, 2.45) is 0 Å². The van der Waals surface area contributed by atoms with Crippen LogP contribution in [-0.4, -0.2) is 54.7 Å². The van der Waals surface area contributed by atoms with Crippen LogP contribution in [0.15, 0.2) is 12.1 Å². The topological polar surface area (TPSA) is 57.7 Å². The molecule has 0 saturated carbocycles. The van der Waals surface area contributed by atoms with Crippen LogP contribution in [0, 0.1) is 0 Å². The lowest BCUT2D eigenvalue weighted by molar-refractivity contribution is 0.229. The van der Waals surface area contributed by atoms with Crippen molar-refractivity contribution in [3.63, 3.8) is 0 Å². The van der Waals surface area contributed by atoms with Gasteiger partial charge in [0.2, 0.25) is 0 Å². The van der Waals surface area contributed by atoms with Gasteiger partial charge < -0.3 is 15.0 Å². The van der Waals surface area contributed by atoms with Crippen molar-refractivity contribution in [1.29, 1.82) is 0 Å². The van der Waals surface area contributed by atoms with Crippen LogP contribution in [0.3, 0.4) is 0 Å². The van der Waals surface area contributed by atoms with E-state index in [1.54, 1.807) is 11.3 Å². The Labute approximate surface area is 144 Å². The Morgan fingerprint density at radius 1 is 1.42 bits per heavy atom. The number of anilines is 1. The van der Waals surface area contributed by atoms with E-state index in [1.807, 2.05) is 11.0 Å². The van der Waals surface area contributed by atoms with Crippen LogP contribution < -0.4 is 15.0 Å². The van der Waals surface area contributed by atoms with Crippen LogP contribution in [0.1, 0.15) is 18.4 Å². The highest BCUT2D eigenvalue weighted by atomic mass is 32.1. The summed E-state index contributed by atoms with van der Waals surface area (Å²) in [5.74, 6) is 0.952. The molecule has 24 heavy (non-hydrogen) atoms. The average Bonchev–Trinajstić information content (AvgIpc) is 3.14. The standard InChI is InChI=1S/C17H20N4O2S/c1-20-7-6-12-11(9-20)18-16(22)21(12)17-19-15-10-3-2-8-23-13(10)4-5-14(15)24-17/h4-5,11-12H,2-3,6-9H2,1H3,(H,18,22). The zero-order valence-corrected chi connectivity index (χ0v) is 14.4. The van der Waals surface area contributed by atoms with E-state index in [2.05, 4.69) is 23.3 Å². The Morgan fingerprint density at radius 3 is 3.25 bits per heavy atom. The SMILES string of the molecule is CN1CCC2C(C1)NC(=O)N2c1nc2c3c(ccc2s1)OCCC3. The number of thiazole rings is 1. The second-order valence-corrected chi connectivity index (χ2v) is 7.89. The number of urea groups is 1. The number of hydrogen-bond acceptors (Lipinski definition) is 5. The summed E-state index contributed by atoms with van der Waals surface area (Å²) >= 11 is 1.61. The highest BCUT2D eigenvalue weighted by Gasteiger charge is 2.44. The number of hydrogen-bond donors (Lipinski definition) is 1. The van der Waals surface area contributed by atoms with Crippen molar-refractivity contribution in [3.05, 3.63) is 17.7 Å². The number of likely N-dealkylation sites (tertiary alicyclic amines) is 1. The van der Waals surface area contributed by atoms with Crippen molar-refractivity contribution in [3.8, 4) is 5.75 Å². The minimum Gasteiger partial charge on any atom is -0.493 e. The molecule has 0 radical (unpaired) electrons. The van der Waals surface area contributed by atoms with E-state index in [9.17, 15) is 4.79 Å². The van der Waals surface area contributed by atoms with Crippen LogP contribution >= 0.6 is 11.3 Å². The summed E-state index contributed by atoms with van der Waals surface area (Å²) < 4.78 is 6.89. The third-order valence-corrected chi connectivity index (χ3v) is 6.30. The van der Waals surface area contributed by atoms with Gasteiger partial charge in [0.25, 0.3) is 0 Å². The molecule has 3 aliphatic heterocycles. The van der Waals surface area contributed by atoms with Gasteiger partial charge in [0, 0.05) is 12.1 Å². The third-order valence-electron chi connectivity index (χ3n) is 5.28. The maximum absolute atomic E-state index is 12.6. The van der Waals surface area contributed by atoms with Gasteiger partial charge in [-0.25, -0.2) is 9.78 Å². The fraction of sp³-hybridized carbons (Fsp3) is 0.529. The molecule has 6 nitrogen and oxygen atoms in total. The van der Waals surface area contributed by atoms with Crippen LogP contribution in [0.2, 0.25) is 0 Å². The fourth-order valence-corrected chi connectivity index (χ4v) is 5.14. The predicted octanol–water partition coefficient (Wildman–Crippen LogP) is 2.22. The van der Waals surface area contributed by atoms with Gasteiger partial charge in [0.15, 0.2) is 5.13 Å². The lowest BCUT2D eigenvalue weighted by Crippen LogP contribution is -2.49. The summed E-state index contributed by atoms with van der Waals surface area (Å²) in [5.41, 5.74) is 2.21.